The smallest absolute Gasteiger partial charge is 0.227 e. The molecule has 1 aliphatic carbocycles. The molecule has 0 saturated heterocycles. The third-order valence-corrected chi connectivity index (χ3v) is 5.75. The first kappa shape index (κ1) is 16.8. The molecule has 2 aliphatic rings. The molecule has 25 heavy (non-hydrogen) atoms. The predicted molar refractivity (Wildman–Crippen MR) is 103 cm³/mol. The Labute approximate surface area is 159 Å². The molecule has 0 spiro atoms. The van der Waals surface area contributed by atoms with Crippen molar-refractivity contribution < 1.29 is 4.79 Å². The van der Waals surface area contributed by atoms with Gasteiger partial charge in [0.2, 0.25) is 11.1 Å². The molecule has 1 aliphatic heterocycles. The van der Waals surface area contributed by atoms with Gasteiger partial charge in [0.25, 0.3) is 0 Å². The van der Waals surface area contributed by atoms with Gasteiger partial charge in [-0.1, -0.05) is 53.7 Å². The minimum atomic E-state index is -0.226. The van der Waals surface area contributed by atoms with Crippen LogP contribution in [0, 0.1) is 5.41 Å². The highest BCUT2D eigenvalue weighted by Gasteiger charge is 2.41. The van der Waals surface area contributed by atoms with Crippen molar-refractivity contribution in [2.75, 3.05) is 11.6 Å². The number of anilines is 1. The zero-order valence-corrected chi connectivity index (χ0v) is 16.7. The average Bonchev–Trinajstić information content (AvgIpc) is 2.95. The van der Waals surface area contributed by atoms with Crippen LogP contribution in [-0.2, 0) is 4.79 Å². The van der Waals surface area contributed by atoms with Crippen LogP contribution in [0.2, 0.25) is 0 Å². The molecule has 1 atom stereocenters. The normalized spacial score (nSPS) is 21.6. The summed E-state index contributed by atoms with van der Waals surface area (Å²) in [6.07, 6.45) is 3.35. The molecule has 4 rings (SSSR count). The number of halogens is 1. The van der Waals surface area contributed by atoms with Gasteiger partial charge < -0.3 is 5.32 Å². The van der Waals surface area contributed by atoms with Crippen molar-refractivity contribution in [3.8, 4) is 0 Å². The lowest BCUT2D eigenvalue weighted by Crippen LogP contribution is -2.36. The second-order valence-electron chi connectivity index (χ2n) is 7.28. The number of ketones is 1. The summed E-state index contributed by atoms with van der Waals surface area (Å²) in [6, 6.07) is 7.86. The maximum atomic E-state index is 13.0. The highest BCUT2D eigenvalue weighted by atomic mass is 79.9. The monoisotopic (exact) mass is 418 g/mol. The molecule has 5 nitrogen and oxygen atoms in total. The van der Waals surface area contributed by atoms with E-state index in [9.17, 15) is 4.79 Å². The van der Waals surface area contributed by atoms with Gasteiger partial charge in [-0.05, 0) is 35.8 Å². The molecule has 7 heteroatoms. The van der Waals surface area contributed by atoms with E-state index in [0.29, 0.717) is 17.5 Å². The Morgan fingerprint density at radius 1 is 1.28 bits per heavy atom. The maximum Gasteiger partial charge on any atom is 0.227 e. The molecule has 2 aromatic rings. The van der Waals surface area contributed by atoms with E-state index in [1.807, 2.05) is 35.2 Å². The van der Waals surface area contributed by atoms with Crippen LogP contribution in [0.3, 0.4) is 0 Å². The Kier molecular flexibility index (Phi) is 4.03. The number of nitrogens with zero attached hydrogens (tertiary/aromatic N) is 3. The second kappa shape index (κ2) is 5.99. The molecule has 0 saturated carbocycles. The first-order valence-electron chi connectivity index (χ1n) is 8.17. The van der Waals surface area contributed by atoms with E-state index in [4.69, 9.17) is 0 Å². The van der Waals surface area contributed by atoms with Crippen molar-refractivity contribution in [2.45, 2.75) is 37.9 Å². The summed E-state index contributed by atoms with van der Waals surface area (Å²) in [5.74, 6) is 0.903. The fourth-order valence-electron chi connectivity index (χ4n) is 3.63. The number of Topliss-reactive ketones (excluding diaryl/α,β-unsaturated/α-hetero) is 1. The topological polar surface area (TPSA) is 59.8 Å². The predicted octanol–water partition coefficient (Wildman–Crippen LogP) is 4.42. The van der Waals surface area contributed by atoms with Crippen LogP contribution in [0.5, 0.6) is 0 Å². The molecule has 0 fully saturated rings. The van der Waals surface area contributed by atoms with Gasteiger partial charge in [0.05, 0.1) is 0 Å². The minimum Gasteiger partial charge on any atom is -0.328 e. The zero-order valence-electron chi connectivity index (χ0n) is 14.3. The number of allylic oxidation sites excluding steroid dienone is 2. The Morgan fingerprint density at radius 2 is 2.00 bits per heavy atom. The highest BCUT2D eigenvalue weighted by molar-refractivity contribution is 9.10. The summed E-state index contributed by atoms with van der Waals surface area (Å²) in [5, 5.41) is 8.70. The fraction of sp³-hybridized carbons (Fsp3) is 0.389. The lowest BCUT2D eigenvalue weighted by Gasteiger charge is -2.38. The Balaban J connectivity index is 1.90. The molecule has 130 valence electrons. The van der Waals surface area contributed by atoms with Crippen LogP contribution in [0.25, 0.3) is 0 Å². The number of rotatable bonds is 2. The van der Waals surface area contributed by atoms with Gasteiger partial charge in [0, 0.05) is 22.2 Å². The number of aromatic nitrogens is 3. The fourth-order valence-corrected chi connectivity index (χ4v) is 4.24. The maximum absolute atomic E-state index is 13.0. The van der Waals surface area contributed by atoms with Crippen LogP contribution in [0.4, 0.5) is 5.95 Å². The third-order valence-electron chi connectivity index (χ3n) is 4.68. The van der Waals surface area contributed by atoms with Crippen molar-refractivity contribution in [1.29, 1.82) is 0 Å². The van der Waals surface area contributed by atoms with Crippen molar-refractivity contribution in [1.82, 2.24) is 14.8 Å². The van der Waals surface area contributed by atoms with E-state index in [1.165, 1.54) is 11.8 Å². The summed E-state index contributed by atoms with van der Waals surface area (Å²) in [5.41, 5.74) is 2.81. The molecular formula is C18H19BrN4OS. The van der Waals surface area contributed by atoms with E-state index in [1.54, 1.807) is 0 Å². The standard InChI is InChI=1S/C18H19BrN4OS/c1-18(2)8-12-14(13(24)9-18)15(10-4-6-11(19)7-5-10)23-16(20-12)21-17(22-23)25-3/h4-7,15H,8-9H2,1-3H3,(H,20,21,22). The molecule has 1 aromatic carbocycles. The van der Waals surface area contributed by atoms with E-state index in [2.05, 4.69) is 45.2 Å². The van der Waals surface area contributed by atoms with E-state index in [0.717, 1.165) is 27.7 Å². The van der Waals surface area contributed by atoms with E-state index in [-0.39, 0.29) is 17.2 Å². The van der Waals surface area contributed by atoms with Gasteiger partial charge in [0.15, 0.2) is 5.78 Å². The number of fused-ring (bicyclic) bond motifs is 1. The van der Waals surface area contributed by atoms with E-state index >= 15 is 0 Å². The Bertz CT molecular complexity index is 885. The summed E-state index contributed by atoms with van der Waals surface area (Å²) in [6.45, 7) is 4.27. The quantitative estimate of drug-likeness (QED) is 0.731. The summed E-state index contributed by atoms with van der Waals surface area (Å²) in [7, 11) is 0. The Morgan fingerprint density at radius 3 is 2.68 bits per heavy atom. The van der Waals surface area contributed by atoms with Crippen molar-refractivity contribution in [3.05, 3.63) is 45.6 Å². The van der Waals surface area contributed by atoms with Gasteiger partial charge in [-0.25, -0.2) is 4.68 Å². The first-order valence-corrected chi connectivity index (χ1v) is 10.2. The zero-order chi connectivity index (χ0) is 17.8. The van der Waals surface area contributed by atoms with Crippen LogP contribution in [0.15, 0.2) is 45.2 Å². The molecule has 1 unspecified atom stereocenters. The van der Waals surface area contributed by atoms with Crippen LogP contribution in [0.1, 0.15) is 38.3 Å². The lowest BCUT2D eigenvalue weighted by atomic mass is 9.73. The van der Waals surface area contributed by atoms with Crippen molar-refractivity contribution in [3.63, 3.8) is 0 Å². The molecule has 0 bridgehead atoms. The van der Waals surface area contributed by atoms with Gasteiger partial charge in [-0.2, -0.15) is 4.98 Å². The molecular weight excluding hydrogens is 400 g/mol. The summed E-state index contributed by atoms with van der Waals surface area (Å²) < 4.78 is 2.86. The molecule has 0 amide bonds. The van der Waals surface area contributed by atoms with Crippen LogP contribution < -0.4 is 5.32 Å². The molecule has 2 heterocycles. The largest absolute Gasteiger partial charge is 0.328 e. The first-order chi connectivity index (χ1) is 11.9. The highest BCUT2D eigenvalue weighted by Crippen LogP contribution is 2.45. The molecule has 0 radical (unpaired) electrons. The van der Waals surface area contributed by atoms with Crippen LogP contribution in [-0.4, -0.2) is 26.8 Å². The third kappa shape index (κ3) is 2.93. The summed E-state index contributed by atoms with van der Waals surface area (Å²) in [4.78, 5) is 17.6. The van der Waals surface area contributed by atoms with Gasteiger partial charge in [-0.15, -0.1) is 5.10 Å². The van der Waals surface area contributed by atoms with Gasteiger partial charge in [-0.3, -0.25) is 4.79 Å². The number of benzene rings is 1. The minimum absolute atomic E-state index is 0.0439. The number of thioether (sulfide) groups is 1. The number of hydrogen-bond acceptors (Lipinski definition) is 5. The van der Waals surface area contributed by atoms with Crippen molar-refractivity contribution >= 4 is 39.4 Å². The average molecular weight is 419 g/mol. The van der Waals surface area contributed by atoms with E-state index < -0.39 is 0 Å². The van der Waals surface area contributed by atoms with Gasteiger partial charge in [0.1, 0.15) is 6.04 Å². The lowest BCUT2D eigenvalue weighted by molar-refractivity contribution is -0.118. The number of hydrogen-bond donors (Lipinski definition) is 1. The number of carbonyl (C=O) groups is 1. The SMILES string of the molecule is CSc1nc2n(n1)C(c1ccc(Br)cc1)C1=C(CC(C)(C)CC1=O)N2. The summed E-state index contributed by atoms with van der Waals surface area (Å²) >= 11 is 4.98. The van der Waals surface area contributed by atoms with Crippen LogP contribution >= 0.6 is 27.7 Å². The van der Waals surface area contributed by atoms with Crippen molar-refractivity contribution in [2.24, 2.45) is 5.41 Å². The number of nitrogens with one attached hydrogen (secondary N) is 1. The number of carbonyl (C=O) groups excluding carboxylic acids is 1. The molecule has 1 N–H and O–H groups in total. The van der Waals surface area contributed by atoms with Gasteiger partial charge >= 0.3 is 0 Å². The molecule has 1 aromatic heterocycles. The Hall–Kier alpha value is -1.60. The second-order valence-corrected chi connectivity index (χ2v) is 8.97.